The Morgan fingerprint density at radius 2 is 1.95 bits per heavy atom. The van der Waals surface area contributed by atoms with Gasteiger partial charge in [0, 0.05) is 11.0 Å². The first-order chi connectivity index (χ1) is 10.2. The number of halogens is 1. The third-order valence-electron chi connectivity index (χ3n) is 3.30. The lowest BCUT2D eigenvalue weighted by Crippen LogP contribution is -2.21. The molecule has 0 N–H and O–H groups in total. The van der Waals surface area contributed by atoms with Gasteiger partial charge in [0.2, 0.25) is 0 Å². The molecule has 21 heavy (non-hydrogen) atoms. The molecule has 3 nitrogen and oxygen atoms in total. The van der Waals surface area contributed by atoms with E-state index in [4.69, 9.17) is 0 Å². The molecular weight excluding hydrogens is 287 g/mol. The standard InChI is InChI=1S/C16H13FN2OS/c1-21-13-5-2-11(3-6-13)9-19-10-18-15-8-12(17)4-7-14(15)16(19)20/h2-8,10H,9H2,1H3. The van der Waals surface area contributed by atoms with Crippen molar-refractivity contribution in [1.82, 2.24) is 9.55 Å². The molecule has 3 rings (SSSR count). The van der Waals surface area contributed by atoms with E-state index in [-0.39, 0.29) is 11.4 Å². The second-order valence-electron chi connectivity index (χ2n) is 4.69. The van der Waals surface area contributed by atoms with E-state index in [1.54, 1.807) is 11.8 Å². The summed E-state index contributed by atoms with van der Waals surface area (Å²) < 4.78 is 14.7. The highest BCUT2D eigenvalue weighted by molar-refractivity contribution is 7.98. The molecule has 0 bridgehead atoms. The Kier molecular flexibility index (Phi) is 3.75. The Hall–Kier alpha value is -2.14. The smallest absolute Gasteiger partial charge is 0.261 e. The van der Waals surface area contributed by atoms with Gasteiger partial charge in [0.05, 0.1) is 23.8 Å². The lowest BCUT2D eigenvalue weighted by Gasteiger charge is -2.07. The molecule has 0 atom stereocenters. The Bertz CT molecular complexity index is 843. The van der Waals surface area contributed by atoms with Gasteiger partial charge >= 0.3 is 0 Å². The normalized spacial score (nSPS) is 11.0. The first-order valence-corrected chi connectivity index (χ1v) is 7.67. The largest absolute Gasteiger partial charge is 0.294 e. The molecule has 3 aromatic rings. The number of fused-ring (bicyclic) bond motifs is 1. The minimum Gasteiger partial charge on any atom is -0.294 e. The molecule has 0 aliphatic heterocycles. The molecule has 0 saturated heterocycles. The van der Waals surface area contributed by atoms with Gasteiger partial charge in [-0.05, 0) is 36.1 Å². The van der Waals surface area contributed by atoms with E-state index in [0.717, 1.165) is 5.56 Å². The van der Waals surface area contributed by atoms with E-state index in [1.165, 1.54) is 34.0 Å². The lowest BCUT2D eigenvalue weighted by molar-refractivity contribution is 0.629. The average Bonchev–Trinajstić information content (AvgIpc) is 2.51. The highest BCUT2D eigenvalue weighted by Crippen LogP contribution is 2.15. The summed E-state index contributed by atoms with van der Waals surface area (Å²) >= 11 is 1.67. The van der Waals surface area contributed by atoms with Crippen molar-refractivity contribution in [2.75, 3.05) is 6.26 Å². The molecule has 1 heterocycles. The molecule has 0 amide bonds. The molecule has 0 aliphatic carbocycles. The van der Waals surface area contributed by atoms with Gasteiger partial charge in [-0.3, -0.25) is 9.36 Å². The van der Waals surface area contributed by atoms with Gasteiger partial charge in [-0.25, -0.2) is 9.37 Å². The Balaban J connectivity index is 1.98. The van der Waals surface area contributed by atoms with Crippen LogP contribution in [0.25, 0.3) is 10.9 Å². The quantitative estimate of drug-likeness (QED) is 0.696. The number of rotatable bonds is 3. The second kappa shape index (κ2) is 5.69. The molecule has 106 valence electrons. The number of thioether (sulfide) groups is 1. The van der Waals surface area contributed by atoms with E-state index >= 15 is 0 Å². The zero-order valence-electron chi connectivity index (χ0n) is 11.4. The van der Waals surface area contributed by atoms with E-state index in [2.05, 4.69) is 4.98 Å². The summed E-state index contributed by atoms with van der Waals surface area (Å²) in [6.45, 7) is 0.452. The van der Waals surface area contributed by atoms with Crippen molar-refractivity contribution in [3.05, 3.63) is 70.5 Å². The summed E-state index contributed by atoms with van der Waals surface area (Å²) in [5.74, 6) is -0.389. The SMILES string of the molecule is CSc1ccc(Cn2cnc3cc(F)ccc3c2=O)cc1. The van der Waals surface area contributed by atoms with Gasteiger partial charge in [-0.1, -0.05) is 12.1 Å². The molecule has 2 aromatic carbocycles. The van der Waals surface area contributed by atoms with Crippen molar-refractivity contribution in [1.29, 1.82) is 0 Å². The predicted octanol–water partition coefficient (Wildman–Crippen LogP) is 3.31. The van der Waals surface area contributed by atoms with E-state index in [0.29, 0.717) is 17.4 Å². The third kappa shape index (κ3) is 2.83. The Morgan fingerprint density at radius 1 is 1.19 bits per heavy atom. The van der Waals surface area contributed by atoms with Crippen LogP contribution in [0.5, 0.6) is 0 Å². The first-order valence-electron chi connectivity index (χ1n) is 6.45. The van der Waals surface area contributed by atoms with Crippen LogP contribution in [0.4, 0.5) is 4.39 Å². The summed E-state index contributed by atoms with van der Waals surface area (Å²) in [6.07, 6.45) is 3.48. The highest BCUT2D eigenvalue weighted by Gasteiger charge is 2.05. The molecular formula is C16H13FN2OS. The number of benzene rings is 2. The minimum absolute atomic E-state index is 0.158. The fourth-order valence-corrected chi connectivity index (χ4v) is 2.58. The fraction of sp³-hybridized carbons (Fsp3) is 0.125. The van der Waals surface area contributed by atoms with E-state index < -0.39 is 0 Å². The topological polar surface area (TPSA) is 34.9 Å². The zero-order chi connectivity index (χ0) is 14.8. The van der Waals surface area contributed by atoms with Crippen LogP contribution in [-0.4, -0.2) is 15.8 Å². The lowest BCUT2D eigenvalue weighted by atomic mass is 10.2. The van der Waals surface area contributed by atoms with Crippen molar-refractivity contribution in [3.8, 4) is 0 Å². The zero-order valence-corrected chi connectivity index (χ0v) is 12.2. The van der Waals surface area contributed by atoms with Crippen molar-refractivity contribution >= 4 is 22.7 Å². The Morgan fingerprint density at radius 3 is 2.67 bits per heavy atom. The average molecular weight is 300 g/mol. The molecule has 0 spiro atoms. The van der Waals surface area contributed by atoms with Gasteiger partial charge in [-0.2, -0.15) is 0 Å². The molecule has 0 radical (unpaired) electrons. The number of hydrogen-bond donors (Lipinski definition) is 0. The van der Waals surface area contributed by atoms with Gasteiger partial charge in [0.1, 0.15) is 5.82 Å². The minimum atomic E-state index is -0.389. The number of aromatic nitrogens is 2. The molecule has 1 aromatic heterocycles. The van der Waals surface area contributed by atoms with Gasteiger partial charge < -0.3 is 0 Å². The van der Waals surface area contributed by atoms with Crippen LogP contribution in [0.3, 0.4) is 0 Å². The predicted molar refractivity (Wildman–Crippen MR) is 83.3 cm³/mol. The van der Waals surface area contributed by atoms with Crippen LogP contribution in [0.15, 0.2) is 58.5 Å². The van der Waals surface area contributed by atoms with Crippen LogP contribution in [0.1, 0.15) is 5.56 Å². The van der Waals surface area contributed by atoms with Crippen molar-refractivity contribution in [3.63, 3.8) is 0 Å². The van der Waals surface area contributed by atoms with Crippen molar-refractivity contribution in [2.24, 2.45) is 0 Å². The maximum atomic E-state index is 13.1. The summed E-state index contributed by atoms with van der Waals surface area (Å²) in [7, 11) is 0. The van der Waals surface area contributed by atoms with Crippen LogP contribution >= 0.6 is 11.8 Å². The summed E-state index contributed by atoms with van der Waals surface area (Å²) in [5.41, 5.74) is 1.25. The fourth-order valence-electron chi connectivity index (χ4n) is 2.17. The monoisotopic (exact) mass is 300 g/mol. The van der Waals surface area contributed by atoms with Crippen LogP contribution < -0.4 is 5.56 Å². The highest BCUT2D eigenvalue weighted by atomic mass is 32.2. The maximum absolute atomic E-state index is 13.1. The third-order valence-corrected chi connectivity index (χ3v) is 4.04. The molecule has 5 heteroatoms. The Labute approximate surface area is 125 Å². The maximum Gasteiger partial charge on any atom is 0.261 e. The van der Waals surface area contributed by atoms with Gasteiger partial charge in [0.25, 0.3) is 5.56 Å². The van der Waals surface area contributed by atoms with E-state index in [9.17, 15) is 9.18 Å². The van der Waals surface area contributed by atoms with Crippen LogP contribution in [0.2, 0.25) is 0 Å². The van der Waals surface area contributed by atoms with Crippen molar-refractivity contribution in [2.45, 2.75) is 11.4 Å². The number of hydrogen-bond acceptors (Lipinski definition) is 3. The summed E-state index contributed by atoms with van der Waals surface area (Å²) in [6, 6.07) is 12.1. The second-order valence-corrected chi connectivity index (χ2v) is 5.57. The molecule has 0 saturated carbocycles. The van der Waals surface area contributed by atoms with Crippen LogP contribution in [0, 0.1) is 5.82 Å². The molecule has 0 aliphatic rings. The van der Waals surface area contributed by atoms with Gasteiger partial charge in [-0.15, -0.1) is 11.8 Å². The van der Waals surface area contributed by atoms with E-state index in [1.807, 2.05) is 30.5 Å². The number of nitrogens with zero attached hydrogens (tertiary/aromatic N) is 2. The summed E-state index contributed by atoms with van der Waals surface area (Å²) in [4.78, 5) is 17.7. The first kappa shape index (κ1) is 13.8. The van der Waals surface area contributed by atoms with Crippen molar-refractivity contribution < 1.29 is 4.39 Å². The molecule has 0 fully saturated rings. The summed E-state index contributed by atoms with van der Waals surface area (Å²) in [5, 5.41) is 0.430. The molecule has 0 unspecified atom stereocenters. The van der Waals surface area contributed by atoms with Gasteiger partial charge in [0.15, 0.2) is 0 Å². The van der Waals surface area contributed by atoms with Crippen LogP contribution in [-0.2, 0) is 6.54 Å².